The molecular weight excluding hydrogens is 505 g/mol. The topological polar surface area (TPSA) is 107 Å². The van der Waals surface area contributed by atoms with Gasteiger partial charge in [0.2, 0.25) is 0 Å². The van der Waals surface area contributed by atoms with Crippen molar-refractivity contribution in [3.8, 4) is 17.0 Å². The van der Waals surface area contributed by atoms with Crippen LogP contribution >= 0.6 is 0 Å². The fourth-order valence-corrected chi connectivity index (χ4v) is 5.33. The summed E-state index contributed by atoms with van der Waals surface area (Å²) >= 11 is 0. The van der Waals surface area contributed by atoms with E-state index < -0.39 is 36.5 Å². The molecule has 9 nitrogen and oxygen atoms in total. The van der Waals surface area contributed by atoms with Gasteiger partial charge in [-0.25, -0.2) is 9.78 Å². The van der Waals surface area contributed by atoms with Gasteiger partial charge in [-0.1, -0.05) is 12.8 Å². The van der Waals surface area contributed by atoms with Crippen molar-refractivity contribution in [2.75, 3.05) is 7.05 Å². The Bertz CT molecular complexity index is 1180. The second-order valence-electron chi connectivity index (χ2n) is 10.1. The molecule has 0 radical (unpaired) electrons. The molecule has 2 saturated carbocycles. The molecule has 2 aromatic heterocycles. The maximum Gasteiger partial charge on any atom is 0.435 e. The Balaban J connectivity index is 1.57. The summed E-state index contributed by atoms with van der Waals surface area (Å²) in [6.07, 6.45) is 0.485. The van der Waals surface area contributed by atoms with Crippen LogP contribution in [0.2, 0.25) is 0 Å². The molecule has 38 heavy (non-hydrogen) atoms. The average molecular weight is 539 g/mol. The third-order valence-corrected chi connectivity index (χ3v) is 7.49. The molecule has 2 atom stereocenters. The minimum Gasteiger partial charge on any atom is -0.489 e. The molecular formula is C26H33F3N4O5. The van der Waals surface area contributed by atoms with Crippen LogP contribution in [0.3, 0.4) is 0 Å². The summed E-state index contributed by atoms with van der Waals surface area (Å²) in [4.78, 5) is 29.9. The van der Waals surface area contributed by atoms with Crippen LogP contribution in [0.15, 0.2) is 12.1 Å². The zero-order chi connectivity index (χ0) is 27.6. The van der Waals surface area contributed by atoms with Crippen LogP contribution in [0.4, 0.5) is 18.0 Å². The summed E-state index contributed by atoms with van der Waals surface area (Å²) in [6, 6.07) is 3.02. The standard InChI is InChI=1S/C26H33F3N4O5/c1-15-21(38-18-10-6-7-16(13-18)24(34)35)12-11-19(30-15)22-20(33(3)31-23(22)26(27,28)29)14-37-25(36)32(2)17-8-4-5-9-17/h11-12,16-18H,4-10,13-14H2,1-3H3,(H,34,35)/t16?,18-/m0/s1. The number of halogens is 3. The van der Waals surface area contributed by atoms with Crippen molar-refractivity contribution >= 4 is 12.1 Å². The Morgan fingerprint density at radius 3 is 2.50 bits per heavy atom. The minimum atomic E-state index is -4.76. The third-order valence-electron chi connectivity index (χ3n) is 7.49. The lowest BCUT2D eigenvalue weighted by Gasteiger charge is -2.27. The normalized spacial score (nSPS) is 20.4. The highest BCUT2D eigenvalue weighted by molar-refractivity contribution is 5.70. The van der Waals surface area contributed by atoms with Crippen LogP contribution in [0.25, 0.3) is 11.3 Å². The van der Waals surface area contributed by atoms with Gasteiger partial charge < -0.3 is 19.5 Å². The van der Waals surface area contributed by atoms with Crippen LogP contribution in [-0.2, 0) is 29.4 Å². The van der Waals surface area contributed by atoms with E-state index in [1.807, 2.05) is 0 Å². The first-order chi connectivity index (χ1) is 18.0. The predicted molar refractivity (Wildman–Crippen MR) is 130 cm³/mol. The molecule has 0 spiro atoms. The van der Waals surface area contributed by atoms with Gasteiger partial charge in [0.05, 0.1) is 34.7 Å². The van der Waals surface area contributed by atoms with Gasteiger partial charge in [0.15, 0.2) is 5.69 Å². The minimum absolute atomic E-state index is 0.0255. The van der Waals surface area contributed by atoms with Crippen LogP contribution in [0.1, 0.15) is 68.4 Å². The largest absolute Gasteiger partial charge is 0.489 e. The van der Waals surface area contributed by atoms with Crippen LogP contribution in [0, 0.1) is 12.8 Å². The van der Waals surface area contributed by atoms with Gasteiger partial charge in [0.25, 0.3) is 0 Å². The maximum absolute atomic E-state index is 14.0. The van der Waals surface area contributed by atoms with Crippen molar-refractivity contribution in [2.24, 2.45) is 13.0 Å². The number of aliphatic carboxylic acids is 1. The zero-order valence-electron chi connectivity index (χ0n) is 21.8. The Kier molecular flexibility index (Phi) is 8.17. The number of rotatable bonds is 7. The molecule has 0 aliphatic heterocycles. The monoisotopic (exact) mass is 538 g/mol. The first kappa shape index (κ1) is 27.7. The number of hydrogen-bond acceptors (Lipinski definition) is 6. The van der Waals surface area contributed by atoms with Crippen molar-refractivity contribution in [3.63, 3.8) is 0 Å². The molecule has 4 rings (SSSR count). The molecule has 2 fully saturated rings. The number of amides is 1. The van der Waals surface area contributed by atoms with E-state index in [2.05, 4.69) is 10.1 Å². The van der Waals surface area contributed by atoms with E-state index in [0.29, 0.717) is 30.7 Å². The van der Waals surface area contributed by atoms with Crippen LogP contribution < -0.4 is 4.74 Å². The number of carboxylic acid groups (broad SMARTS) is 1. The van der Waals surface area contributed by atoms with Gasteiger partial charge in [-0.05, 0) is 57.6 Å². The number of carboxylic acids is 1. The third kappa shape index (κ3) is 6.05. The second kappa shape index (κ2) is 11.2. The fraction of sp³-hybridized carbons (Fsp3) is 0.615. The molecule has 1 unspecified atom stereocenters. The summed E-state index contributed by atoms with van der Waals surface area (Å²) in [5, 5.41) is 13.0. The first-order valence-electron chi connectivity index (χ1n) is 12.9. The van der Waals surface area contributed by atoms with Gasteiger partial charge in [-0.2, -0.15) is 18.3 Å². The molecule has 0 saturated heterocycles. The van der Waals surface area contributed by atoms with E-state index in [4.69, 9.17) is 9.47 Å². The lowest BCUT2D eigenvalue weighted by molar-refractivity contribution is -0.144. The van der Waals surface area contributed by atoms with Gasteiger partial charge >= 0.3 is 18.2 Å². The highest BCUT2D eigenvalue weighted by Gasteiger charge is 2.40. The van der Waals surface area contributed by atoms with E-state index in [1.165, 1.54) is 18.0 Å². The van der Waals surface area contributed by atoms with Crippen molar-refractivity contribution in [3.05, 3.63) is 29.2 Å². The number of ether oxygens (including phenoxy) is 2. The van der Waals surface area contributed by atoms with Gasteiger partial charge in [0.1, 0.15) is 12.4 Å². The van der Waals surface area contributed by atoms with Gasteiger partial charge in [0, 0.05) is 20.1 Å². The molecule has 208 valence electrons. The number of carbonyl (C=O) groups excluding carboxylic acids is 1. The van der Waals surface area contributed by atoms with Crippen LogP contribution in [-0.4, -0.2) is 56.0 Å². The highest BCUT2D eigenvalue weighted by atomic mass is 19.4. The smallest absolute Gasteiger partial charge is 0.435 e. The lowest BCUT2D eigenvalue weighted by Crippen LogP contribution is -2.35. The molecule has 1 amide bonds. The van der Waals surface area contributed by atoms with Crippen molar-refractivity contribution in [2.45, 2.75) is 83.2 Å². The first-order valence-corrected chi connectivity index (χ1v) is 12.9. The number of pyridine rings is 1. The summed E-state index contributed by atoms with van der Waals surface area (Å²) in [7, 11) is 3.01. The Morgan fingerprint density at radius 1 is 1.16 bits per heavy atom. The number of aryl methyl sites for hydroxylation is 2. The van der Waals surface area contributed by atoms with Crippen molar-refractivity contribution in [1.82, 2.24) is 19.7 Å². The Hall–Kier alpha value is -3.31. The predicted octanol–water partition coefficient (Wildman–Crippen LogP) is 5.34. The maximum atomic E-state index is 14.0. The summed E-state index contributed by atoms with van der Waals surface area (Å²) in [5.74, 6) is -0.958. The molecule has 2 aromatic rings. The van der Waals surface area contributed by atoms with Crippen LogP contribution in [0.5, 0.6) is 5.75 Å². The Morgan fingerprint density at radius 2 is 1.87 bits per heavy atom. The molecule has 0 bridgehead atoms. The molecule has 0 aromatic carbocycles. The summed E-state index contributed by atoms with van der Waals surface area (Å²) < 4.78 is 54.4. The average Bonchev–Trinajstić information content (AvgIpc) is 3.51. The van der Waals surface area contributed by atoms with Crippen molar-refractivity contribution < 1.29 is 37.3 Å². The van der Waals surface area contributed by atoms with Crippen molar-refractivity contribution in [1.29, 1.82) is 0 Å². The number of nitrogens with zero attached hydrogens (tertiary/aromatic N) is 4. The molecule has 12 heteroatoms. The molecule has 2 aliphatic rings. The fourth-order valence-electron chi connectivity index (χ4n) is 5.33. The highest BCUT2D eigenvalue weighted by Crippen LogP contribution is 2.39. The summed E-state index contributed by atoms with van der Waals surface area (Å²) in [5.41, 5.74) is -0.914. The molecule has 2 aliphatic carbocycles. The number of carbonyl (C=O) groups is 2. The number of hydrogen-bond donors (Lipinski definition) is 1. The number of alkyl halides is 3. The number of aromatic nitrogens is 3. The summed E-state index contributed by atoms with van der Waals surface area (Å²) in [6.45, 7) is 1.22. The second-order valence-corrected chi connectivity index (χ2v) is 10.1. The quantitative estimate of drug-likeness (QED) is 0.507. The SMILES string of the molecule is Cc1nc(-c2c(C(F)(F)F)nn(C)c2COC(=O)N(C)C2CCCC2)ccc1O[C@H]1CCCC(C(=O)O)C1. The van der Waals surface area contributed by atoms with E-state index in [9.17, 15) is 27.9 Å². The van der Waals surface area contributed by atoms with E-state index in [1.54, 1.807) is 20.0 Å². The zero-order valence-corrected chi connectivity index (χ0v) is 21.8. The van der Waals surface area contributed by atoms with E-state index in [0.717, 1.165) is 36.8 Å². The van der Waals surface area contributed by atoms with Gasteiger partial charge in [-0.3, -0.25) is 9.48 Å². The van der Waals surface area contributed by atoms with E-state index in [-0.39, 0.29) is 29.1 Å². The molecule has 2 heterocycles. The Labute approximate surface area is 218 Å². The lowest BCUT2D eigenvalue weighted by atomic mass is 9.87. The molecule has 1 N–H and O–H groups in total. The van der Waals surface area contributed by atoms with E-state index >= 15 is 0 Å². The van der Waals surface area contributed by atoms with Gasteiger partial charge in [-0.15, -0.1) is 0 Å².